The van der Waals surface area contributed by atoms with Crippen molar-refractivity contribution in [3.05, 3.63) is 35.9 Å². The highest BCUT2D eigenvalue weighted by Crippen LogP contribution is 2.48. The van der Waals surface area contributed by atoms with E-state index in [1.165, 1.54) is 32.5 Å². The summed E-state index contributed by atoms with van der Waals surface area (Å²) in [7, 11) is 0. The quantitative estimate of drug-likeness (QED) is 0.594. The van der Waals surface area contributed by atoms with Crippen LogP contribution in [-0.4, -0.2) is 42.0 Å². The molecule has 1 aromatic rings. The lowest BCUT2D eigenvalue weighted by molar-refractivity contribution is -0.165. The van der Waals surface area contributed by atoms with Crippen molar-refractivity contribution in [3.8, 4) is 0 Å². The van der Waals surface area contributed by atoms with Gasteiger partial charge in [-0.25, -0.2) is 0 Å². The second kappa shape index (κ2) is 8.19. The van der Waals surface area contributed by atoms with Gasteiger partial charge >= 0.3 is 17.9 Å². The molecule has 0 aromatic heterocycles. The Morgan fingerprint density at radius 1 is 0.917 bits per heavy atom. The van der Waals surface area contributed by atoms with Crippen molar-refractivity contribution >= 4 is 29.7 Å². The van der Waals surface area contributed by atoms with Gasteiger partial charge in [-0.15, -0.1) is 11.8 Å². The Morgan fingerprint density at radius 3 is 2.04 bits per heavy atom. The Morgan fingerprint density at radius 2 is 1.50 bits per heavy atom. The summed E-state index contributed by atoms with van der Waals surface area (Å²) >= 11 is 1.47. The molecule has 4 atom stereocenters. The van der Waals surface area contributed by atoms with Crippen molar-refractivity contribution in [1.29, 1.82) is 0 Å². The minimum atomic E-state index is -0.680. The average Bonchev–Trinajstić information content (AvgIpc) is 2.83. The first kappa shape index (κ1) is 18.3. The first-order chi connectivity index (χ1) is 11.4. The molecule has 0 N–H and O–H groups in total. The van der Waals surface area contributed by atoms with E-state index in [0.29, 0.717) is 0 Å². The van der Waals surface area contributed by atoms with E-state index in [1.807, 2.05) is 30.3 Å². The lowest BCUT2D eigenvalue weighted by Crippen LogP contribution is -2.39. The van der Waals surface area contributed by atoms with Crippen molar-refractivity contribution in [3.63, 3.8) is 0 Å². The molecule has 1 saturated heterocycles. The van der Waals surface area contributed by atoms with Crippen LogP contribution in [0.3, 0.4) is 0 Å². The standard InChI is InChI=1S/C17H20O6S/c1-10(18)21-9-14-15(22-11(2)19)16(23-12(3)20)17(24-14)13-7-5-4-6-8-13/h4-8,14-17H,9H2,1-3H3/t14-,15-,16-,17+/m1/s1. The molecule has 130 valence electrons. The van der Waals surface area contributed by atoms with Gasteiger partial charge in [0.1, 0.15) is 6.61 Å². The van der Waals surface area contributed by atoms with Gasteiger partial charge in [0.2, 0.25) is 0 Å². The van der Waals surface area contributed by atoms with E-state index < -0.39 is 30.1 Å². The van der Waals surface area contributed by atoms with Gasteiger partial charge in [-0.1, -0.05) is 30.3 Å². The Labute approximate surface area is 144 Å². The molecule has 0 aliphatic carbocycles. The third kappa shape index (κ3) is 4.74. The molecule has 1 fully saturated rings. The molecule has 1 aliphatic rings. The summed E-state index contributed by atoms with van der Waals surface area (Å²) in [5, 5.41) is -0.521. The summed E-state index contributed by atoms with van der Waals surface area (Å²) in [6.45, 7) is 4.02. The molecule has 24 heavy (non-hydrogen) atoms. The highest BCUT2D eigenvalue weighted by Gasteiger charge is 2.49. The SMILES string of the molecule is CC(=O)OC[C@H]1S[C@@H](c2ccccc2)[C@H](OC(C)=O)[C@@H]1OC(C)=O. The van der Waals surface area contributed by atoms with E-state index in [1.54, 1.807) is 0 Å². The Balaban J connectivity index is 2.29. The predicted molar refractivity (Wildman–Crippen MR) is 88.3 cm³/mol. The molecule has 7 heteroatoms. The molecule has 0 unspecified atom stereocenters. The lowest BCUT2D eigenvalue weighted by Gasteiger charge is -2.25. The number of benzene rings is 1. The van der Waals surface area contributed by atoms with E-state index >= 15 is 0 Å². The van der Waals surface area contributed by atoms with E-state index in [0.717, 1.165) is 5.56 Å². The van der Waals surface area contributed by atoms with Crippen LogP contribution in [-0.2, 0) is 28.6 Å². The zero-order chi connectivity index (χ0) is 17.7. The summed E-state index contributed by atoms with van der Waals surface area (Å²) in [5.41, 5.74) is 0.955. The number of ether oxygens (including phenoxy) is 3. The molecular formula is C17H20O6S. The minimum Gasteiger partial charge on any atom is -0.465 e. The lowest BCUT2D eigenvalue weighted by atomic mass is 10.0. The van der Waals surface area contributed by atoms with Crippen LogP contribution in [0.15, 0.2) is 30.3 Å². The van der Waals surface area contributed by atoms with Crippen molar-refractivity contribution in [1.82, 2.24) is 0 Å². The van der Waals surface area contributed by atoms with Crippen LogP contribution in [0.25, 0.3) is 0 Å². The first-order valence-corrected chi connectivity index (χ1v) is 8.51. The third-order valence-corrected chi connectivity index (χ3v) is 5.08. The molecule has 0 saturated carbocycles. The van der Waals surface area contributed by atoms with Crippen molar-refractivity contribution in [2.45, 2.75) is 43.5 Å². The molecule has 1 aliphatic heterocycles. The van der Waals surface area contributed by atoms with Gasteiger partial charge in [0.05, 0.1) is 10.5 Å². The fourth-order valence-electron chi connectivity index (χ4n) is 2.63. The van der Waals surface area contributed by atoms with Gasteiger partial charge in [0, 0.05) is 20.8 Å². The van der Waals surface area contributed by atoms with Crippen LogP contribution < -0.4 is 0 Å². The third-order valence-electron chi connectivity index (χ3n) is 3.49. The van der Waals surface area contributed by atoms with Crippen LogP contribution in [0.2, 0.25) is 0 Å². The van der Waals surface area contributed by atoms with Gasteiger partial charge in [-0.3, -0.25) is 14.4 Å². The van der Waals surface area contributed by atoms with Gasteiger partial charge in [0.25, 0.3) is 0 Å². The highest BCUT2D eigenvalue weighted by molar-refractivity contribution is 8.00. The summed E-state index contributed by atoms with van der Waals surface area (Å²) in [6.07, 6.45) is -1.32. The monoisotopic (exact) mass is 352 g/mol. The zero-order valence-corrected chi connectivity index (χ0v) is 14.6. The smallest absolute Gasteiger partial charge is 0.303 e. The van der Waals surface area contributed by atoms with Crippen LogP contribution in [0, 0.1) is 0 Å². The summed E-state index contributed by atoms with van der Waals surface area (Å²) in [4.78, 5) is 34.1. The predicted octanol–water partition coefficient (Wildman–Crippen LogP) is 2.27. The van der Waals surface area contributed by atoms with Crippen LogP contribution >= 0.6 is 11.8 Å². The van der Waals surface area contributed by atoms with Gasteiger partial charge in [-0.2, -0.15) is 0 Å². The maximum Gasteiger partial charge on any atom is 0.303 e. The normalized spacial score (nSPS) is 25.8. The highest BCUT2D eigenvalue weighted by atomic mass is 32.2. The zero-order valence-electron chi connectivity index (χ0n) is 13.8. The number of carbonyl (C=O) groups is 3. The summed E-state index contributed by atoms with van der Waals surface area (Å²) in [5.74, 6) is -1.34. The number of esters is 3. The van der Waals surface area contributed by atoms with Crippen LogP contribution in [0.5, 0.6) is 0 Å². The van der Waals surface area contributed by atoms with E-state index in [4.69, 9.17) is 14.2 Å². The van der Waals surface area contributed by atoms with Crippen LogP contribution in [0.4, 0.5) is 0 Å². The number of carbonyl (C=O) groups excluding carboxylic acids is 3. The molecule has 0 radical (unpaired) electrons. The van der Waals surface area contributed by atoms with Gasteiger partial charge < -0.3 is 14.2 Å². The van der Waals surface area contributed by atoms with Crippen molar-refractivity contribution in [2.75, 3.05) is 6.61 Å². The first-order valence-electron chi connectivity index (χ1n) is 7.56. The molecule has 1 heterocycles. The molecule has 2 rings (SSSR count). The minimum absolute atomic E-state index is 0.0824. The second-order valence-corrected chi connectivity index (χ2v) is 6.84. The maximum atomic E-state index is 11.5. The van der Waals surface area contributed by atoms with Gasteiger partial charge in [-0.05, 0) is 5.56 Å². The largest absolute Gasteiger partial charge is 0.465 e. The summed E-state index contributed by atoms with van der Waals surface area (Å²) < 4.78 is 15.9. The fraction of sp³-hybridized carbons (Fsp3) is 0.471. The topological polar surface area (TPSA) is 78.9 Å². The summed E-state index contributed by atoms with van der Waals surface area (Å²) in [6, 6.07) is 9.52. The number of hydrogen-bond donors (Lipinski definition) is 0. The molecule has 0 amide bonds. The Bertz CT molecular complexity index is 602. The molecule has 1 aromatic carbocycles. The van der Waals surface area contributed by atoms with Gasteiger partial charge in [0.15, 0.2) is 12.2 Å². The molecule has 0 bridgehead atoms. The number of hydrogen-bond acceptors (Lipinski definition) is 7. The van der Waals surface area contributed by atoms with Crippen molar-refractivity contribution in [2.24, 2.45) is 0 Å². The maximum absolute atomic E-state index is 11.5. The van der Waals surface area contributed by atoms with E-state index in [-0.39, 0.29) is 17.1 Å². The second-order valence-electron chi connectivity index (χ2n) is 5.46. The molecule has 6 nitrogen and oxygen atoms in total. The Kier molecular flexibility index (Phi) is 6.25. The molecule has 0 spiro atoms. The number of rotatable bonds is 5. The fourth-order valence-corrected chi connectivity index (χ4v) is 4.19. The number of thioether (sulfide) groups is 1. The van der Waals surface area contributed by atoms with E-state index in [9.17, 15) is 14.4 Å². The van der Waals surface area contributed by atoms with E-state index in [2.05, 4.69) is 0 Å². The van der Waals surface area contributed by atoms with Crippen molar-refractivity contribution < 1.29 is 28.6 Å². The van der Waals surface area contributed by atoms with Crippen LogP contribution in [0.1, 0.15) is 31.6 Å². The Hall–Kier alpha value is -2.02. The average molecular weight is 352 g/mol. The molecular weight excluding hydrogens is 332 g/mol.